The average molecular weight is 290 g/mol. The molecule has 1 aromatic rings. The van der Waals surface area contributed by atoms with Gasteiger partial charge in [-0.2, -0.15) is 0 Å². The summed E-state index contributed by atoms with van der Waals surface area (Å²) < 4.78 is 5.28. The summed E-state index contributed by atoms with van der Waals surface area (Å²) in [5.41, 5.74) is 1.15. The van der Waals surface area contributed by atoms with Crippen LogP contribution in [0.4, 0.5) is 0 Å². The van der Waals surface area contributed by atoms with Crippen molar-refractivity contribution >= 4 is 11.8 Å². The highest BCUT2D eigenvalue weighted by atomic mass is 16.5. The number of rotatable bonds is 7. The van der Waals surface area contributed by atoms with E-state index >= 15 is 0 Å². The summed E-state index contributed by atoms with van der Waals surface area (Å²) in [5, 5.41) is 5.58. The molecule has 1 unspecified atom stereocenters. The van der Waals surface area contributed by atoms with Crippen molar-refractivity contribution in [2.24, 2.45) is 0 Å². The number of nitrogens with one attached hydrogen (secondary N) is 2. The number of amides is 2. The van der Waals surface area contributed by atoms with Crippen molar-refractivity contribution in [3.8, 4) is 0 Å². The zero-order valence-corrected chi connectivity index (χ0v) is 12.1. The van der Waals surface area contributed by atoms with Gasteiger partial charge in [0.1, 0.15) is 6.10 Å². The minimum absolute atomic E-state index is 0.00483. The van der Waals surface area contributed by atoms with Gasteiger partial charge in [0.05, 0.1) is 0 Å². The Balaban J connectivity index is 1.54. The topological polar surface area (TPSA) is 67.4 Å². The standard InChI is InChI=1S/C16H22N2O3/c19-15(9-8-13-5-2-1-3-6-13)17-10-11-18-16(20)14-7-4-12-21-14/h1-3,5-6,14H,4,7-12H2,(H,17,19)(H,18,20). The fourth-order valence-corrected chi connectivity index (χ4v) is 2.28. The first-order chi connectivity index (χ1) is 10.3. The van der Waals surface area contributed by atoms with Gasteiger partial charge in [-0.3, -0.25) is 9.59 Å². The molecule has 1 saturated heterocycles. The minimum atomic E-state index is -0.307. The van der Waals surface area contributed by atoms with Crippen LogP contribution in [-0.4, -0.2) is 37.6 Å². The Morgan fingerprint density at radius 2 is 1.90 bits per heavy atom. The summed E-state index contributed by atoms with van der Waals surface area (Å²) in [6.45, 7) is 1.55. The van der Waals surface area contributed by atoms with Crippen LogP contribution < -0.4 is 10.6 Å². The zero-order chi connectivity index (χ0) is 14.9. The van der Waals surface area contributed by atoms with Crippen LogP contribution in [-0.2, 0) is 20.7 Å². The average Bonchev–Trinajstić information content (AvgIpc) is 3.05. The molecule has 0 aromatic heterocycles. The summed E-state index contributed by atoms with van der Waals surface area (Å²) in [6.07, 6.45) is 2.61. The summed E-state index contributed by atoms with van der Waals surface area (Å²) >= 11 is 0. The van der Waals surface area contributed by atoms with Crippen molar-refractivity contribution < 1.29 is 14.3 Å². The Morgan fingerprint density at radius 1 is 1.14 bits per heavy atom. The molecule has 1 aliphatic heterocycles. The van der Waals surface area contributed by atoms with E-state index in [2.05, 4.69) is 10.6 Å². The molecule has 0 bridgehead atoms. The molecule has 0 spiro atoms. The van der Waals surface area contributed by atoms with Crippen molar-refractivity contribution in [1.82, 2.24) is 10.6 Å². The minimum Gasteiger partial charge on any atom is -0.368 e. The molecule has 2 rings (SSSR count). The van der Waals surface area contributed by atoms with Gasteiger partial charge in [-0.25, -0.2) is 0 Å². The van der Waals surface area contributed by atoms with E-state index in [1.54, 1.807) is 0 Å². The fourth-order valence-electron chi connectivity index (χ4n) is 2.28. The third-order valence-corrected chi connectivity index (χ3v) is 3.45. The molecule has 0 radical (unpaired) electrons. The molecule has 2 amide bonds. The second-order valence-electron chi connectivity index (χ2n) is 5.13. The Kier molecular flexibility index (Phi) is 6.22. The molecule has 0 aliphatic carbocycles. The van der Waals surface area contributed by atoms with Gasteiger partial charge in [0, 0.05) is 26.1 Å². The van der Waals surface area contributed by atoms with Crippen LogP contribution in [0, 0.1) is 0 Å². The molecule has 1 aliphatic rings. The Hall–Kier alpha value is -1.88. The van der Waals surface area contributed by atoms with E-state index in [9.17, 15) is 9.59 Å². The van der Waals surface area contributed by atoms with Crippen LogP contribution in [0.2, 0.25) is 0 Å². The second-order valence-corrected chi connectivity index (χ2v) is 5.13. The zero-order valence-electron chi connectivity index (χ0n) is 12.1. The molecule has 2 N–H and O–H groups in total. The highest BCUT2D eigenvalue weighted by molar-refractivity contribution is 5.81. The Morgan fingerprint density at radius 3 is 2.62 bits per heavy atom. The molecule has 5 heteroatoms. The maximum Gasteiger partial charge on any atom is 0.249 e. The molecule has 114 valence electrons. The first-order valence-corrected chi connectivity index (χ1v) is 7.45. The molecule has 21 heavy (non-hydrogen) atoms. The largest absolute Gasteiger partial charge is 0.368 e. The first-order valence-electron chi connectivity index (χ1n) is 7.45. The van der Waals surface area contributed by atoms with Gasteiger partial charge in [-0.1, -0.05) is 30.3 Å². The molecule has 5 nitrogen and oxygen atoms in total. The lowest BCUT2D eigenvalue weighted by atomic mass is 10.1. The van der Waals surface area contributed by atoms with E-state index in [0.29, 0.717) is 26.1 Å². The summed E-state index contributed by atoms with van der Waals surface area (Å²) in [5.74, 6) is -0.0729. The van der Waals surface area contributed by atoms with Crippen molar-refractivity contribution in [3.05, 3.63) is 35.9 Å². The van der Waals surface area contributed by atoms with Gasteiger partial charge in [0.15, 0.2) is 0 Å². The molecule has 1 fully saturated rings. The van der Waals surface area contributed by atoms with Crippen molar-refractivity contribution in [2.75, 3.05) is 19.7 Å². The number of carbonyl (C=O) groups is 2. The van der Waals surface area contributed by atoms with E-state index in [1.165, 1.54) is 0 Å². The number of ether oxygens (including phenoxy) is 1. The number of aryl methyl sites for hydroxylation is 1. The van der Waals surface area contributed by atoms with Gasteiger partial charge in [0.2, 0.25) is 11.8 Å². The molecule has 1 heterocycles. The van der Waals surface area contributed by atoms with E-state index in [4.69, 9.17) is 4.74 Å². The van der Waals surface area contributed by atoms with Crippen molar-refractivity contribution in [1.29, 1.82) is 0 Å². The maximum absolute atomic E-state index is 11.7. The van der Waals surface area contributed by atoms with Gasteiger partial charge in [-0.15, -0.1) is 0 Å². The van der Waals surface area contributed by atoms with E-state index < -0.39 is 0 Å². The lowest BCUT2D eigenvalue weighted by Gasteiger charge is -2.10. The molecular weight excluding hydrogens is 268 g/mol. The van der Waals surface area contributed by atoms with Crippen molar-refractivity contribution in [3.63, 3.8) is 0 Å². The number of benzene rings is 1. The maximum atomic E-state index is 11.7. The smallest absolute Gasteiger partial charge is 0.249 e. The fraction of sp³-hybridized carbons (Fsp3) is 0.500. The number of hydrogen-bond acceptors (Lipinski definition) is 3. The van der Waals surface area contributed by atoms with Crippen LogP contribution in [0.3, 0.4) is 0 Å². The summed E-state index contributed by atoms with van der Waals surface area (Å²) in [7, 11) is 0. The van der Waals surface area contributed by atoms with E-state index in [0.717, 1.165) is 24.8 Å². The first kappa shape index (κ1) is 15.5. The number of hydrogen-bond donors (Lipinski definition) is 2. The molecular formula is C16H22N2O3. The SMILES string of the molecule is O=C(CCc1ccccc1)NCCNC(=O)C1CCCO1. The van der Waals surface area contributed by atoms with Gasteiger partial charge in [0.25, 0.3) is 0 Å². The lowest BCUT2D eigenvalue weighted by Crippen LogP contribution is -2.39. The summed E-state index contributed by atoms with van der Waals surface area (Å²) in [6, 6.07) is 9.91. The number of carbonyl (C=O) groups excluding carboxylic acids is 2. The third kappa shape index (κ3) is 5.55. The van der Waals surface area contributed by atoms with Crippen LogP contribution >= 0.6 is 0 Å². The molecule has 1 atom stereocenters. The van der Waals surface area contributed by atoms with Crippen molar-refractivity contribution in [2.45, 2.75) is 31.8 Å². The van der Waals surface area contributed by atoms with Crippen LogP contribution in [0.25, 0.3) is 0 Å². The van der Waals surface area contributed by atoms with Gasteiger partial charge in [-0.05, 0) is 24.8 Å². The highest BCUT2D eigenvalue weighted by Gasteiger charge is 2.22. The predicted octanol–water partition coefficient (Wildman–Crippen LogP) is 1.03. The lowest BCUT2D eigenvalue weighted by molar-refractivity contribution is -0.130. The monoisotopic (exact) mass is 290 g/mol. The quantitative estimate of drug-likeness (QED) is 0.737. The molecule has 0 saturated carbocycles. The third-order valence-electron chi connectivity index (χ3n) is 3.45. The normalized spacial score (nSPS) is 17.4. The van der Waals surface area contributed by atoms with Crippen LogP contribution in [0.5, 0.6) is 0 Å². The van der Waals surface area contributed by atoms with Crippen LogP contribution in [0.1, 0.15) is 24.8 Å². The Bertz CT molecular complexity index is 456. The molecule has 1 aromatic carbocycles. The van der Waals surface area contributed by atoms with Gasteiger partial charge >= 0.3 is 0 Å². The van der Waals surface area contributed by atoms with E-state index in [-0.39, 0.29) is 17.9 Å². The van der Waals surface area contributed by atoms with Crippen LogP contribution in [0.15, 0.2) is 30.3 Å². The second kappa shape index (κ2) is 8.42. The Labute approximate surface area is 125 Å². The highest BCUT2D eigenvalue weighted by Crippen LogP contribution is 2.11. The van der Waals surface area contributed by atoms with Gasteiger partial charge < -0.3 is 15.4 Å². The predicted molar refractivity (Wildman–Crippen MR) is 79.8 cm³/mol. The van der Waals surface area contributed by atoms with E-state index in [1.807, 2.05) is 30.3 Å². The summed E-state index contributed by atoms with van der Waals surface area (Å²) in [4.78, 5) is 23.3.